The van der Waals surface area contributed by atoms with Gasteiger partial charge in [0.25, 0.3) is 0 Å². The third kappa shape index (κ3) is 8.19. The monoisotopic (exact) mass is 424 g/mol. The Hall–Kier alpha value is -0.530. The van der Waals surface area contributed by atoms with E-state index in [4.69, 9.17) is 5.73 Å². The second-order valence-electron chi connectivity index (χ2n) is 6.66. The Morgan fingerprint density at radius 1 is 1.27 bits per heavy atom. The van der Waals surface area contributed by atoms with Crippen LogP contribution in [0.2, 0.25) is 0 Å². The van der Waals surface area contributed by atoms with Crippen LogP contribution in [-0.4, -0.2) is 31.5 Å². The van der Waals surface area contributed by atoms with Crippen LogP contribution < -0.4 is 16.4 Å². The van der Waals surface area contributed by atoms with Gasteiger partial charge in [-0.15, -0.1) is 24.0 Å². The van der Waals surface area contributed by atoms with Gasteiger partial charge in [0.05, 0.1) is 12.0 Å². The van der Waals surface area contributed by atoms with Crippen molar-refractivity contribution in [3.05, 3.63) is 0 Å². The van der Waals surface area contributed by atoms with E-state index in [1.807, 2.05) is 20.8 Å². The highest BCUT2D eigenvalue weighted by Crippen LogP contribution is 2.28. The zero-order chi connectivity index (χ0) is 15.7. The Morgan fingerprint density at radius 3 is 2.45 bits per heavy atom. The Kier molecular flexibility index (Phi) is 10.8. The van der Waals surface area contributed by atoms with Gasteiger partial charge in [0.1, 0.15) is 0 Å². The van der Waals surface area contributed by atoms with Gasteiger partial charge >= 0.3 is 0 Å². The number of nitrogens with one attached hydrogen (secondary N) is 2. The molecule has 0 spiro atoms. The van der Waals surface area contributed by atoms with Crippen molar-refractivity contribution in [3.63, 3.8) is 0 Å². The molecule has 1 aliphatic carbocycles. The fourth-order valence-electron chi connectivity index (χ4n) is 2.59. The van der Waals surface area contributed by atoms with E-state index < -0.39 is 5.41 Å². The van der Waals surface area contributed by atoms with E-state index in [2.05, 4.69) is 15.6 Å². The van der Waals surface area contributed by atoms with E-state index in [-0.39, 0.29) is 29.9 Å². The zero-order valence-electron chi connectivity index (χ0n) is 14.3. The van der Waals surface area contributed by atoms with Gasteiger partial charge in [-0.3, -0.25) is 9.79 Å². The van der Waals surface area contributed by atoms with Gasteiger partial charge < -0.3 is 16.4 Å². The van der Waals surface area contributed by atoms with Crippen LogP contribution in [0.4, 0.5) is 0 Å². The fourth-order valence-corrected chi connectivity index (χ4v) is 2.59. The van der Waals surface area contributed by atoms with E-state index in [1.54, 1.807) is 0 Å². The third-order valence-corrected chi connectivity index (χ3v) is 4.20. The number of carbonyl (C=O) groups is 1. The van der Waals surface area contributed by atoms with Crippen molar-refractivity contribution in [2.75, 3.05) is 19.6 Å². The van der Waals surface area contributed by atoms with Crippen molar-refractivity contribution in [1.29, 1.82) is 0 Å². The molecule has 0 radical (unpaired) electrons. The second kappa shape index (κ2) is 11.1. The summed E-state index contributed by atoms with van der Waals surface area (Å²) in [5.74, 6) is 1.39. The van der Waals surface area contributed by atoms with E-state index >= 15 is 0 Å². The molecule has 22 heavy (non-hydrogen) atoms. The Morgan fingerprint density at radius 2 is 1.91 bits per heavy atom. The third-order valence-electron chi connectivity index (χ3n) is 4.20. The molecule has 1 fully saturated rings. The van der Waals surface area contributed by atoms with Crippen LogP contribution in [0.3, 0.4) is 0 Å². The molecule has 5 nitrogen and oxygen atoms in total. The molecule has 1 saturated carbocycles. The van der Waals surface area contributed by atoms with Crippen molar-refractivity contribution < 1.29 is 4.79 Å². The molecule has 0 aliphatic heterocycles. The second-order valence-corrected chi connectivity index (χ2v) is 6.66. The number of primary amides is 1. The molecule has 0 atom stereocenters. The van der Waals surface area contributed by atoms with E-state index in [1.165, 1.54) is 38.5 Å². The van der Waals surface area contributed by atoms with Crippen LogP contribution >= 0.6 is 24.0 Å². The molecular formula is C16H33IN4O. The summed E-state index contributed by atoms with van der Waals surface area (Å²) in [5.41, 5.74) is 4.77. The first kappa shape index (κ1) is 21.5. The number of halogens is 1. The number of nitrogens with two attached hydrogens (primary N) is 1. The predicted molar refractivity (Wildman–Crippen MR) is 104 cm³/mol. The molecule has 0 unspecified atom stereocenters. The molecule has 0 heterocycles. The molecular weight excluding hydrogens is 391 g/mol. The molecule has 0 saturated heterocycles. The van der Waals surface area contributed by atoms with Crippen LogP contribution in [0.1, 0.15) is 59.3 Å². The SMILES string of the molecule is CCNC(=NCC(C)(C)C(N)=O)NCCCC1CCCC1.I. The lowest BCUT2D eigenvalue weighted by atomic mass is 9.93. The molecule has 1 amide bonds. The summed E-state index contributed by atoms with van der Waals surface area (Å²) in [7, 11) is 0. The van der Waals surface area contributed by atoms with Crippen LogP contribution in [0.15, 0.2) is 4.99 Å². The molecule has 0 bridgehead atoms. The molecule has 1 aliphatic rings. The van der Waals surface area contributed by atoms with Crippen molar-refractivity contribution in [2.45, 2.75) is 59.3 Å². The number of rotatable bonds is 8. The summed E-state index contributed by atoms with van der Waals surface area (Å²) in [6, 6.07) is 0. The molecule has 6 heteroatoms. The first-order valence-electron chi connectivity index (χ1n) is 8.28. The Balaban J connectivity index is 0.00000441. The van der Waals surface area contributed by atoms with Gasteiger partial charge in [0.15, 0.2) is 5.96 Å². The highest BCUT2D eigenvalue weighted by Gasteiger charge is 2.24. The molecule has 130 valence electrons. The topological polar surface area (TPSA) is 79.5 Å². The quantitative estimate of drug-likeness (QED) is 0.243. The Bertz CT molecular complexity index is 352. The average Bonchev–Trinajstić information content (AvgIpc) is 2.93. The number of nitrogens with zero attached hydrogens (tertiary/aromatic N) is 1. The van der Waals surface area contributed by atoms with E-state index in [9.17, 15) is 4.79 Å². The van der Waals surface area contributed by atoms with Gasteiger partial charge in [-0.25, -0.2) is 0 Å². The van der Waals surface area contributed by atoms with Crippen LogP contribution in [-0.2, 0) is 4.79 Å². The summed E-state index contributed by atoms with van der Waals surface area (Å²) in [6.45, 7) is 7.82. The Labute approximate surface area is 152 Å². The van der Waals surface area contributed by atoms with Crippen molar-refractivity contribution in [3.8, 4) is 0 Å². The number of aliphatic imine (C=N–C) groups is 1. The van der Waals surface area contributed by atoms with Gasteiger partial charge in [-0.2, -0.15) is 0 Å². The minimum absolute atomic E-state index is 0. The fraction of sp³-hybridized carbons (Fsp3) is 0.875. The first-order valence-corrected chi connectivity index (χ1v) is 8.28. The minimum atomic E-state index is -0.605. The lowest BCUT2D eigenvalue weighted by Gasteiger charge is -2.19. The number of hydrogen-bond acceptors (Lipinski definition) is 2. The average molecular weight is 424 g/mol. The van der Waals surface area contributed by atoms with Gasteiger partial charge in [0, 0.05) is 13.1 Å². The van der Waals surface area contributed by atoms with Crippen LogP contribution in [0.25, 0.3) is 0 Å². The van der Waals surface area contributed by atoms with Gasteiger partial charge in [-0.05, 0) is 39.5 Å². The highest BCUT2D eigenvalue weighted by molar-refractivity contribution is 14.0. The lowest BCUT2D eigenvalue weighted by Crippen LogP contribution is -2.40. The molecule has 1 rings (SSSR count). The maximum atomic E-state index is 11.3. The number of amides is 1. The largest absolute Gasteiger partial charge is 0.369 e. The van der Waals surface area contributed by atoms with Crippen molar-refractivity contribution >= 4 is 35.8 Å². The predicted octanol–water partition coefficient (Wildman–Crippen LogP) is 2.64. The summed E-state index contributed by atoms with van der Waals surface area (Å²) in [4.78, 5) is 15.8. The molecule has 0 aromatic rings. The lowest BCUT2D eigenvalue weighted by molar-refractivity contribution is -0.125. The number of carbonyl (C=O) groups excluding carboxylic acids is 1. The number of hydrogen-bond donors (Lipinski definition) is 3. The smallest absolute Gasteiger partial charge is 0.224 e. The minimum Gasteiger partial charge on any atom is -0.369 e. The van der Waals surface area contributed by atoms with E-state index in [0.29, 0.717) is 6.54 Å². The van der Waals surface area contributed by atoms with Gasteiger partial charge in [0.2, 0.25) is 5.91 Å². The summed E-state index contributed by atoms with van der Waals surface area (Å²) in [5, 5.41) is 6.55. The van der Waals surface area contributed by atoms with Crippen LogP contribution in [0, 0.1) is 11.3 Å². The van der Waals surface area contributed by atoms with E-state index in [0.717, 1.165) is 25.0 Å². The first-order chi connectivity index (χ1) is 9.95. The summed E-state index contributed by atoms with van der Waals surface area (Å²) in [6.07, 6.45) is 8.10. The maximum absolute atomic E-state index is 11.3. The maximum Gasteiger partial charge on any atom is 0.224 e. The zero-order valence-corrected chi connectivity index (χ0v) is 16.6. The van der Waals surface area contributed by atoms with Crippen molar-refractivity contribution in [2.24, 2.45) is 22.1 Å². The van der Waals surface area contributed by atoms with Crippen molar-refractivity contribution in [1.82, 2.24) is 10.6 Å². The van der Waals surface area contributed by atoms with Crippen LogP contribution in [0.5, 0.6) is 0 Å². The summed E-state index contributed by atoms with van der Waals surface area (Å²) < 4.78 is 0. The molecule has 4 N–H and O–H groups in total. The standard InChI is InChI=1S/C16H32N4O.HI/c1-4-18-15(20-12-16(2,3)14(17)21)19-11-7-10-13-8-5-6-9-13;/h13H,4-12H2,1-3H3,(H2,17,21)(H2,18,19,20);1H. The number of guanidine groups is 1. The molecule has 0 aromatic carbocycles. The molecule has 0 aromatic heterocycles. The van der Waals surface area contributed by atoms with Gasteiger partial charge in [-0.1, -0.05) is 25.7 Å². The summed E-state index contributed by atoms with van der Waals surface area (Å²) >= 11 is 0. The normalized spacial score (nSPS) is 16.2. The highest BCUT2D eigenvalue weighted by atomic mass is 127.